The van der Waals surface area contributed by atoms with Crippen molar-refractivity contribution in [2.45, 2.75) is 18.7 Å². The van der Waals surface area contributed by atoms with E-state index in [4.69, 9.17) is 4.74 Å². The predicted molar refractivity (Wildman–Crippen MR) is 132 cm³/mol. The van der Waals surface area contributed by atoms with Gasteiger partial charge in [0.2, 0.25) is 10.0 Å². The van der Waals surface area contributed by atoms with E-state index in [1.807, 2.05) is 47.9 Å². The van der Waals surface area contributed by atoms with E-state index in [1.54, 1.807) is 31.2 Å². The molecule has 0 aliphatic heterocycles. The van der Waals surface area contributed by atoms with Gasteiger partial charge in [0.1, 0.15) is 16.5 Å². The monoisotopic (exact) mass is 478 g/mol. The van der Waals surface area contributed by atoms with Crippen molar-refractivity contribution in [3.05, 3.63) is 78.1 Å². The van der Waals surface area contributed by atoms with E-state index in [0.29, 0.717) is 23.4 Å². The summed E-state index contributed by atoms with van der Waals surface area (Å²) in [6.45, 7) is 4.01. The number of sulfonamides is 1. The molecule has 1 N–H and O–H groups in total. The molecule has 0 bridgehead atoms. The van der Waals surface area contributed by atoms with Crippen LogP contribution in [0.4, 0.5) is 5.69 Å². The van der Waals surface area contributed by atoms with Gasteiger partial charge in [-0.2, -0.15) is 0 Å². The number of amides is 1. The van der Waals surface area contributed by atoms with Gasteiger partial charge >= 0.3 is 0 Å². The van der Waals surface area contributed by atoms with Crippen LogP contribution >= 0.6 is 0 Å². The SMILES string of the molecule is CCOc1ccc(NC(=O)c2ccc3c(c2)nc(C)n3-c2ccccc2)cc1S(=O)(=O)N(C)C. The van der Waals surface area contributed by atoms with Crippen LogP contribution in [-0.2, 0) is 10.0 Å². The lowest BCUT2D eigenvalue weighted by atomic mass is 10.1. The molecule has 1 amide bonds. The molecule has 0 aliphatic carbocycles. The molecule has 4 aromatic rings. The van der Waals surface area contributed by atoms with E-state index >= 15 is 0 Å². The van der Waals surface area contributed by atoms with Crippen molar-refractivity contribution < 1.29 is 17.9 Å². The van der Waals surface area contributed by atoms with Crippen molar-refractivity contribution in [2.75, 3.05) is 26.0 Å². The minimum absolute atomic E-state index is 0.00942. The fraction of sp³-hybridized carbons (Fsp3) is 0.200. The molecule has 0 fully saturated rings. The molecule has 176 valence electrons. The number of nitrogens with one attached hydrogen (secondary N) is 1. The number of benzene rings is 3. The third-order valence-corrected chi connectivity index (χ3v) is 7.20. The third kappa shape index (κ3) is 4.40. The zero-order chi connectivity index (χ0) is 24.5. The summed E-state index contributed by atoms with van der Waals surface area (Å²) in [5, 5.41) is 2.78. The van der Waals surface area contributed by atoms with Crippen LogP contribution in [0.25, 0.3) is 16.7 Å². The van der Waals surface area contributed by atoms with Crippen molar-refractivity contribution in [3.8, 4) is 11.4 Å². The number of para-hydroxylation sites is 1. The van der Waals surface area contributed by atoms with Crippen LogP contribution in [-0.4, -0.2) is 48.9 Å². The number of carbonyl (C=O) groups is 1. The Balaban J connectivity index is 1.66. The summed E-state index contributed by atoms with van der Waals surface area (Å²) in [5.74, 6) is 0.674. The van der Waals surface area contributed by atoms with E-state index in [2.05, 4.69) is 10.3 Å². The minimum Gasteiger partial charge on any atom is -0.492 e. The summed E-state index contributed by atoms with van der Waals surface area (Å²) in [5.41, 5.74) is 3.33. The predicted octanol–water partition coefficient (Wildman–Crippen LogP) is 4.24. The average molecular weight is 479 g/mol. The number of nitrogens with zero attached hydrogens (tertiary/aromatic N) is 3. The second-order valence-corrected chi connectivity index (χ2v) is 9.99. The minimum atomic E-state index is -3.77. The smallest absolute Gasteiger partial charge is 0.255 e. The van der Waals surface area contributed by atoms with Gasteiger partial charge in [0.15, 0.2) is 0 Å². The van der Waals surface area contributed by atoms with E-state index in [0.717, 1.165) is 21.3 Å². The van der Waals surface area contributed by atoms with Crippen LogP contribution in [0.1, 0.15) is 23.1 Å². The maximum atomic E-state index is 13.0. The number of fused-ring (bicyclic) bond motifs is 1. The number of aryl methyl sites for hydroxylation is 1. The summed E-state index contributed by atoms with van der Waals surface area (Å²) in [6.07, 6.45) is 0. The number of ether oxygens (including phenoxy) is 1. The van der Waals surface area contributed by atoms with Crippen molar-refractivity contribution in [2.24, 2.45) is 0 Å². The number of anilines is 1. The molecule has 0 saturated heterocycles. The topological polar surface area (TPSA) is 93.5 Å². The number of hydrogen-bond donors (Lipinski definition) is 1. The molecule has 1 heterocycles. The molecule has 0 aliphatic rings. The second kappa shape index (κ2) is 9.28. The highest BCUT2D eigenvalue weighted by molar-refractivity contribution is 7.89. The van der Waals surface area contributed by atoms with Gasteiger partial charge in [0, 0.05) is 31.0 Å². The molecule has 8 nitrogen and oxygen atoms in total. The highest BCUT2D eigenvalue weighted by Gasteiger charge is 2.23. The number of imidazole rings is 1. The number of aromatic nitrogens is 2. The number of hydrogen-bond acceptors (Lipinski definition) is 5. The zero-order valence-electron chi connectivity index (χ0n) is 19.4. The maximum absolute atomic E-state index is 13.0. The average Bonchev–Trinajstić information content (AvgIpc) is 3.15. The van der Waals surface area contributed by atoms with Crippen molar-refractivity contribution >= 4 is 32.7 Å². The molecule has 0 atom stereocenters. The molecular weight excluding hydrogens is 452 g/mol. The Bertz CT molecular complexity index is 1460. The first kappa shape index (κ1) is 23.5. The standard InChI is InChI=1S/C25H26N4O4S/c1-5-33-23-14-12-19(16-24(23)34(31,32)28(3)4)27-25(30)18-11-13-22-21(15-18)26-17(2)29(22)20-9-7-6-8-10-20/h6-16H,5H2,1-4H3,(H,27,30). The fourth-order valence-electron chi connectivity index (χ4n) is 3.71. The Hall–Kier alpha value is -3.69. The van der Waals surface area contributed by atoms with Gasteiger partial charge in [-0.15, -0.1) is 0 Å². The van der Waals surface area contributed by atoms with Crippen molar-refractivity contribution in [1.82, 2.24) is 13.9 Å². The van der Waals surface area contributed by atoms with E-state index in [1.165, 1.54) is 20.2 Å². The fourth-order valence-corrected chi connectivity index (χ4v) is 4.76. The summed E-state index contributed by atoms with van der Waals surface area (Å²) >= 11 is 0. The highest BCUT2D eigenvalue weighted by atomic mass is 32.2. The molecule has 3 aromatic carbocycles. The highest BCUT2D eigenvalue weighted by Crippen LogP contribution is 2.30. The molecular formula is C25H26N4O4S. The maximum Gasteiger partial charge on any atom is 0.255 e. The molecule has 34 heavy (non-hydrogen) atoms. The number of carbonyl (C=O) groups excluding carboxylic acids is 1. The third-order valence-electron chi connectivity index (χ3n) is 5.36. The normalized spacial score (nSPS) is 11.7. The first-order chi connectivity index (χ1) is 16.2. The van der Waals surface area contributed by atoms with Gasteiger partial charge in [-0.05, 0) is 62.4 Å². The Morgan fingerprint density at radius 1 is 1.06 bits per heavy atom. The molecule has 0 saturated carbocycles. The summed E-state index contributed by atoms with van der Waals surface area (Å²) < 4.78 is 34.1. The zero-order valence-corrected chi connectivity index (χ0v) is 20.3. The Morgan fingerprint density at radius 3 is 2.47 bits per heavy atom. The van der Waals surface area contributed by atoms with E-state index in [9.17, 15) is 13.2 Å². The van der Waals surface area contributed by atoms with E-state index < -0.39 is 10.0 Å². The van der Waals surface area contributed by atoms with Gasteiger partial charge in [-0.1, -0.05) is 18.2 Å². The lowest BCUT2D eigenvalue weighted by Gasteiger charge is -2.16. The lowest BCUT2D eigenvalue weighted by molar-refractivity contribution is 0.102. The van der Waals surface area contributed by atoms with Crippen LogP contribution in [0.3, 0.4) is 0 Å². The molecule has 4 rings (SSSR count). The first-order valence-electron chi connectivity index (χ1n) is 10.8. The Morgan fingerprint density at radius 2 is 1.79 bits per heavy atom. The van der Waals surface area contributed by atoms with Crippen LogP contribution in [0.15, 0.2) is 71.6 Å². The second-order valence-electron chi connectivity index (χ2n) is 7.87. The Kier molecular flexibility index (Phi) is 6.41. The molecule has 0 spiro atoms. The van der Waals surface area contributed by atoms with Gasteiger partial charge in [0.25, 0.3) is 5.91 Å². The molecule has 0 unspecified atom stereocenters. The molecule has 1 aromatic heterocycles. The quantitative estimate of drug-likeness (QED) is 0.429. The van der Waals surface area contributed by atoms with Gasteiger partial charge in [-0.3, -0.25) is 9.36 Å². The summed E-state index contributed by atoms with van der Waals surface area (Å²) in [6, 6.07) is 19.8. The van der Waals surface area contributed by atoms with Gasteiger partial charge in [-0.25, -0.2) is 17.7 Å². The van der Waals surface area contributed by atoms with Crippen molar-refractivity contribution in [3.63, 3.8) is 0 Å². The van der Waals surface area contributed by atoms with Gasteiger partial charge in [0.05, 0.1) is 17.6 Å². The Labute approximate surface area is 198 Å². The van der Waals surface area contributed by atoms with Crippen LogP contribution < -0.4 is 10.1 Å². The first-order valence-corrected chi connectivity index (χ1v) is 12.2. The lowest BCUT2D eigenvalue weighted by Crippen LogP contribution is -2.23. The molecule has 9 heteroatoms. The summed E-state index contributed by atoms with van der Waals surface area (Å²) in [7, 11) is -0.873. The van der Waals surface area contributed by atoms with Crippen LogP contribution in [0, 0.1) is 6.92 Å². The van der Waals surface area contributed by atoms with Crippen LogP contribution in [0.2, 0.25) is 0 Å². The van der Waals surface area contributed by atoms with Crippen LogP contribution in [0.5, 0.6) is 5.75 Å². The largest absolute Gasteiger partial charge is 0.492 e. The summed E-state index contributed by atoms with van der Waals surface area (Å²) in [4.78, 5) is 17.6. The van der Waals surface area contributed by atoms with E-state index in [-0.39, 0.29) is 16.6 Å². The van der Waals surface area contributed by atoms with Gasteiger partial charge < -0.3 is 10.1 Å². The van der Waals surface area contributed by atoms with Crippen molar-refractivity contribution in [1.29, 1.82) is 0 Å². The molecule has 0 radical (unpaired) electrons. The number of rotatable bonds is 7.